The summed E-state index contributed by atoms with van der Waals surface area (Å²) in [5.74, 6) is 1.88. The van der Waals surface area contributed by atoms with Crippen LogP contribution in [0.4, 0.5) is 5.82 Å². The van der Waals surface area contributed by atoms with E-state index in [4.69, 9.17) is 14.7 Å². The molecule has 0 spiro atoms. The summed E-state index contributed by atoms with van der Waals surface area (Å²) in [7, 11) is 1.69. The molecule has 0 radical (unpaired) electrons. The number of fused-ring (bicyclic) bond motifs is 3. The lowest BCUT2D eigenvalue weighted by atomic mass is 9.86. The van der Waals surface area contributed by atoms with Gasteiger partial charge in [-0.3, -0.25) is 4.79 Å². The fraction of sp³-hybridized carbons (Fsp3) is 0.519. The Morgan fingerprint density at radius 1 is 1.03 bits per heavy atom. The van der Waals surface area contributed by atoms with Gasteiger partial charge in [0, 0.05) is 43.7 Å². The van der Waals surface area contributed by atoms with Crippen molar-refractivity contribution in [1.29, 1.82) is 0 Å². The number of carbonyl (C=O) groups is 1. The van der Waals surface area contributed by atoms with Gasteiger partial charge >= 0.3 is 0 Å². The molecular formula is C27H34N4O2S. The van der Waals surface area contributed by atoms with Gasteiger partial charge in [-0.2, -0.15) is 0 Å². The second kappa shape index (κ2) is 9.27. The third-order valence-corrected chi connectivity index (χ3v) is 8.17. The van der Waals surface area contributed by atoms with Crippen molar-refractivity contribution >= 4 is 33.3 Å². The fourth-order valence-electron chi connectivity index (χ4n) is 5.02. The zero-order valence-corrected chi connectivity index (χ0v) is 21.5. The molecule has 2 aromatic heterocycles. The average molecular weight is 479 g/mol. The van der Waals surface area contributed by atoms with E-state index in [1.807, 2.05) is 28.4 Å². The van der Waals surface area contributed by atoms with Crippen LogP contribution in [0.1, 0.15) is 65.8 Å². The zero-order valence-electron chi connectivity index (χ0n) is 20.7. The van der Waals surface area contributed by atoms with E-state index in [0.29, 0.717) is 19.7 Å². The van der Waals surface area contributed by atoms with E-state index in [-0.39, 0.29) is 11.3 Å². The third kappa shape index (κ3) is 4.43. The molecule has 1 amide bonds. The lowest BCUT2D eigenvalue weighted by Crippen LogP contribution is -2.49. The fourth-order valence-corrected chi connectivity index (χ4v) is 6.30. The van der Waals surface area contributed by atoms with Crippen LogP contribution in [0.25, 0.3) is 10.2 Å². The van der Waals surface area contributed by atoms with Gasteiger partial charge in [0.05, 0.1) is 5.39 Å². The molecule has 7 heteroatoms. The van der Waals surface area contributed by atoms with Crippen LogP contribution in [0.3, 0.4) is 0 Å². The van der Waals surface area contributed by atoms with Gasteiger partial charge in [0.2, 0.25) is 0 Å². The predicted octanol–water partition coefficient (Wildman–Crippen LogP) is 4.98. The Labute approximate surface area is 206 Å². The van der Waals surface area contributed by atoms with Gasteiger partial charge in [0.15, 0.2) is 5.82 Å². The summed E-state index contributed by atoms with van der Waals surface area (Å²) in [5, 5.41) is 1.23. The average Bonchev–Trinajstić information content (AvgIpc) is 3.21. The number of aryl methyl sites for hydroxylation is 2. The highest BCUT2D eigenvalue weighted by atomic mass is 32.1. The van der Waals surface area contributed by atoms with E-state index in [9.17, 15) is 4.79 Å². The SMILES string of the molecule is COCc1nc(N2CCN(C(=O)c3ccc(C(C)(C)C)cc3)CC2)c2c3c(sc2n1)CCCC3. The van der Waals surface area contributed by atoms with Crippen molar-refractivity contribution in [1.82, 2.24) is 14.9 Å². The van der Waals surface area contributed by atoms with Gasteiger partial charge in [-0.25, -0.2) is 9.97 Å². The number of nitrogens with zero attached hydrogens (tertiary/aromatic N) is 4. The van der Waals surface area contributed by atoms with Crippen LogP contribution in [0, 0.1) is 0 Å². The molecule has 1 aromatic carbocycles. The maximum Gasteiger partial charge on any atom is 0.253 e. The number of anilines is 1. The Hall–Kier alpha value is -2.51. The summed E-state index contributed by atoms with van der Waals surface area (Å²) in [4.78, 5) is 29.8. The molecule has 0 bridgehead atoms. The number of methoxy groups -OCH3 is 1. The minimum absolute atomic E-state index is 0.0819. The molecule has 0 N–H and O–H groups in total. The summed E-state index contributed by atoms with van der Waals surface area (Å²) < 4.78 is 5.36. The molecule has 180 valence electrons. The van der Waals surface area contributed by atoms with Crippen molar-refractivity contribution in [3.05, 3.63) is 51.7 Å². The molecule has 5 rings (SSSR count). The second-order valence-electron chi connectivity index (χ2n) is 10.4. The lowest BCUT2D eigenvalue weighted by molar-refractivity contribution is 0.0746. The van der Waals surface area contributed by atoms with E-state index in [1.54, 1.807) is 7.11 Å². The number of hydrogen-bond acceptors (Lipinski definition) is 6. The van der Waals surface area contributed by atoms with Crippen LogP contribution >= 0.6 is 11.3 Å². The summed E-state index contributed by atoms with van der Waals surface area (Å²) in [6.07, 6.45) is 4.74. The molecule has 0 atom stereocenters. The number of thiophene rings is 1. The number of piperazine rings is 1. The predicted molar refractivity (Wildman–Crippen MR) is 138 cm³/mol. The molecule has 34 heavy (non-hydrogen) atoms. The quantitative estimate of drug-likeness (QED) is 0.530. The topological polar surface area (TPSA) is 58.6 Å². The Morgan fingerprint density at radius 3 is 2.41 bits per heavy atom. The van der Waals surface area contributed by atoms with Crippen LogP contribution in [0.5, 0.6) is 0 Å². The van der Waals surface area contributed by atoms with Crippen molar-refractivity contribution < 1.29 is 9.53 Å². The Bertz CT molecular complexity index is 1190. The smallest absolute Gasteiger partial charge is 0.253 e. The first kappa shape index (κ1) is 23.2. The Kier molecular flexibility index (Phi) is 6.34. The van der Waals surface area contributed by atoms with E-state index in [0.717, 1.165) is 48.0 Å². The number of amides is 1. The van der Waals surface area contributed by atoms with Crippen molar-refractivity contribution in [2.24, 2.45) is 0 Å². The van der Waals surface area contributed by atoms with Crippen LogP contribution in [0.2, 0.25) is 0 Å². The molecule has 1 aliphatic heterocycles. The summed E-state index contributed by atoms with van der Waals surface area (Å²) in [6.45, 7) is 9.91. The molecule has 1 saturated heterocycles. The number of benzene rings is 1. The maximum absolute atomic E-state index is 13.2. The third-order valence-electron chi connectivity index (χ3n) is 6.98. The van der Waals surface area contributed by atoms with Crippen LogP contribution in [-0.4, -0.2) is 54.1 Å². The number of ether oxygens (including phenoxy) is 1. The van der Waals surface area contributed by atoms with Gasteiger partial charge < -0.3 is 14.5 Å². The lowest BCUT2D eigenvalue weighted by Gasteiger charge is -2.36. The van der Waals surface area contributed by atoms with Crippen LogP contribution in [-0.2, 0) is 29.6 Å². The number of rotatable bonds is 4. The molecule has 3 aromatic rings. The van der Waals surface area contributed by atoms with Crippen molar-refractivity contribution in [3.8, 4) is 0 Å². The first-order chi connectivity index (χ1) is 16.3. The van der Waals surface area contributed by atoms with E-state index in [2.05, 4.69) is 37.8 Å². The highest BCUT2D eigenvalue weighted by Crippen LogP contribution is 2.40. The number of carbonyl (C=O) groups excluding carboxylic acids is 1. The Morgan fingerprint density at radius 2 is 1.74 bits per heavy atom. The van der Waals surface area contributed by atoms with Crippen molar-refractivity contribution in [2.75, 3.05) is 38.2 Å². The van der Waals surface area contributed by atoms with E-state index >= 15 is 0 Å². The van der Waals surface area contributed by atoms with Crippen molar-refractivity contribution in [3.63, 3.8) is 0 Å². The first-order valence-corrected chi connectivity index (χ1v) is 13.1. The van der Waals surface area contributed by atoms with Gasteiger partial charge in [0.25, 0.3) is 5.91 Å². The van der Waals surface area contributed by atoms with Gasteiger partial charge in [-0.05, 0) is 54.4 Å². The number of aromatic nitrogens is 2. The molecule has 0 unspecified atom stereocenters. The van der Waals surface area contributed by atoms with E-state index in [1.165, 1.54) is 34.2 Å². The summed E-state index contributed by atoms with van der Waals surface area (Å²) in [6, 6.07) is 8.10. The summed E-state index contributed by atoms with van der Waals surface area (Å²) in [5.41, 5.74) is 3.54. The van der Waals surface area contributed by atoms with E-state index < -0.39 is 0 Å². The maximum atomic E-state index is 13.2. The monoisotopic (exact) mass is 478 g/mol. The molecule has 0 saturated carbocycles. The molecular weight excluding hydrogens is 444 g/mol. The normalized spacial score (nSPS) is 16.7. The molecule has 2 aliphatic rings. The standard InChI is InChI=1S/C27H34N4O2S/c1-27(2,3)19-11-9-18(10-12-19)26(32)31-15-13-30(14-16-31)24-23-20-7-5-6-8-21(20)34-25(23)29-22(28-24)17-33-4/h9-12H,5-8,13-17H2,1-4H3. The first-order valence-electron chi connectivity index (χ1n) is 12.3. The van der Waals surface area contributed by atoms with Crippen LogP contribution in [0.15, 0.2) is 24.3 Å². The van der Waals surface area contributed by atoms with Crippen LogP contribution < -0.4 is 4.90 Å². The molecule has 6 nitrogen and oxygen atoms in total. The van der Waals surface area contributed by atoms with Gasteiger partial charge in [-0.1, -0.05) is 32.9 Å². The molecule has 1 fully saturated rings. The second-order valence-corrected chi connectivity index (χ2v) is 11.5. The summed E-state index contributed by atoms with van der Waals surface area (Å²) >= 11 is 1.83. The number of hydrogen-bond donors (Lipinski definition) is 0. The molecule has 1 aliphatic carbocycles. The highest BCUT2D eigenvalue weighted by Gasteiger charge is 2.28. The van der Waals surface area contributed by atoms with Gasteiger partial charge in [0.1, 0.15) is 17.3 Å². The minimum Gasteiger partial charge on any atom is -0.377 e. The minimum atomic E-state index is 0.0819. The van der Waals surface area contributed by atoms with Crippen molar-refractivity contribution in [2.45, 2.75) is 58.5 Å². The largest absolute Gasteiger partial charge is 0.377 e. The Balaban J connectivity index is 1.36. The zero-order chi connectivity index (χ0) is 23.9. The highest BCUT2D eigenvalue weighted by molar-refractivity contribution is 7.19. The molecule has 3 heterocycles. The van der Waals surface area contributed by atoms with Gasteiger partial charge in [-0.15, -0.1) is 11.3 Å².